The third-order valence-corrected chi connectivity index (χ3v) is 4.28. The molecule has 1 amide bonds. The SMILES string of the molecule is O=C(c1cccc(N2CCCCCC2)n1)N1CCCC1. The minimum Gasteiger partial charge on any atom is -0.357 e. The number of carbonyl (C=O) groups excluding carboxylic acids is 1. The van der Waals surface area contributed by atoms with E-state index in [0.29, 0.717) is 5.69 Å². The minimum atomic E-state index is 0.0965. The molecule has 2 saturated heterocycles. The number of amides is 1. The highest BCUT2D eigenvalue weighted by molar-refractivity contribution is 5.92. The highest BCUT2D eigenvalue weighted by Gasteiger charge is 2.21. The van der Waals surface area contributed by atoms with Crippen molar-refractivity contribution in [2.24, 2.45) is 0 Å². The summed E-state index contributed by atoms with van der Waals surface area (Å²) >= 11 is 0. The fourth-order valence-electron chi connectivity index (χ4n) is 3.10. The average molecular weight is 273 g/mol. The Bertz CT molecular complexity index is 461. The highest BCUT2D eigenvalue weighted by Crippen LogP contribution is 2.19. The maximum absolute atomic E-state index is 12.4. The van der Waals surface area contributed by atoms with Crippen LogP contribution in [-0.2, 0) is 0 Å². The van der Waals surface area contributed by atoms with Gasteiger partial charge >= 0.3 is 0 Å². The Hall–Kier alpha value is -1.58. The third kappa shape index (κ3) is 2.94. The molecule has 4 heteroatoms. The Balaban J connectivity index is 1.76. The van der Waals surface area contributed by atoms with E-state index in [1.807, 2.05) is 23.1 Å². The van der Waals surface area contributed by atoms with Crippen LogP contribution < -0.4 is 4.90 Å². The Morgan fingerprint density at radius 2 is 1.55 bits per heavy atom. The van der Waals surface area contributed by atoms with Gasteiger partial charge in [-0.3, -0.25) is 4.79 Å². The molecule has 1 aromatic rings. The fraction of sp³-hybridized carbons (Fsp3) is 0.625. The molecule has 0 saturated carbocycles. The third-order valence-electron chi connectivity index (χ3n) is 4.28. The van der Waals surface area contributed by atoms with Crippen LogP contribution in [0.5, 0.6) is 0 Å². The molecule has 0 N–H and O–H groups in total. The topological polar surface area (TPSA) is 36.4 Å². The predicted octanol–water partition coefficient (Wildman–Crippen LogP) is 2.70. The second-order valence-electron chi connectivity index (χ2n) is 5.78. The summed E-state index contributed by atoms with van der Waals surface area (Å²) in [5, 5.41) is 0. The van der Waals surface area contributed by atoms with Gasteiger partial charge in [-0.2, -0.15) is 0 Å². The molecule has 3 heterocycles. The highest BCUT2D eigenvalue weighted by atomic mass is 16.2. The number of likely N-dealkylation sites (tertiary alicyclic amines) is 1. The van der Waals surface area contributed by atoms with E-state index in [4.69, 9.17) is 0 Å². The molecular weight excluding hydrogens is 250 g/mol. The van der Waals surface area contributed by atoms with Crippen LogP contribution in [0.25, 0.3) is 0 Å². The number of pyridine rings is 1. The molecule has 0 radical (unpaired) electrons. The minimum absolute atomic E-state index is 0.0965. The number of nitrogens with zero attached hydrogens (tertiary/aromatic N) is 3. The van der Waals surface area contributed by atoms with Crippen LogP contribution in [0.1, 0.15) is 49.0 Å². The van der Waals surface area contributed by atoms with E-state index in [0.717, 1.165) is 44.8 Å². The summed E-state index contributed by atoms with van der Waals surface area (Å²) in [7, 11) is 0. The van der Waals surface area contributed by atoms with Gasteiger partial charge in [0.25, 0.3) is 5.91 Å². The van der Waals surface area contributed by atoms with Gasteiger partial charge in [0.2, 0.25) is 0 Å². The second-order valence-corrected chi connectivity index (χ2v) is 5.78. The van der Waals surface area contributed by atoms with Crippen LogP contribution in [0, 0.1) is 0 Å². The Morgan fingerprint density at radius 3 is 2.25 bits per heavy atom. The van der Waals surface area contributed by atoms with Crippen molar-refractivity contribution in [3.05, 3.63) is 23.9 Å². The molecule has 108 valence electrons. The molecule has 0 aliphatic carbocycles. The lowest BCUT2D eigenvalue weighted by Crippen LogP contribution is -2.30. The number of hydrogen-bond donors (Lipinski definition) is 0. The maximum Gasteiger partial charge on any atom is 0.272 e. The molecular formula is C16H23N3O. The van der Waals surface area contributed by atoms with Crippen molar-refractivity contribution in [1.82, 2.24) is 9.88 Å². The van der Waals surface area contributed by atoms with Crippen molar-refractivity contribution in [1.29, 1.82) is 0 Å². The zero-order valence-electron chi connectivity index (χ0n) is 12.1. The molecule has 0 unspecified atom stereocenters. The molecule has 2 aliphatic rings. The molecule has 1 aromatic heterocycles. The van der Waals surface area contributed by atoms with Crippen LogP contribution in [0.2, 0.25) is 0 Å². The molecule has 0 aromatic carbocycles. The van der Waals surface area contributed by atoms with Crippen molar-refractivity contribution < 1.29 is 4.79 Å². The smallest absolute Gasteiger partial charge is 0.272 e. The van der Waals surface area contributed by atoms with Crippen molar-refractivity contribution in [2.75, 3.05) is 31.1 Å². The van der Waals surface area contributed by atoms with Gasteiger partial charge in [-0.05, 0) is 37.8 Å². The van der Waals surface area contributed by atoms with Gasteiger partial charge in [0.1, 0.15) is 11.5 Å². The quantitative estimate of drug-likeness (QED) is 0.831. The zero-order valence-corrected chi connectivity index (χ0v) is 12.1. The second kappa shape index (κ2) is 6.25. The summed E-state index contributed by atoms with van der Waals surface area (Å²) in [4.78, 5) is 21.3. The molecule has 2 fully saturated rings. The van der Waals surface area contributed by atoms with Crippen LogP contribution in [0.3, 0.4) is 0 Å². The largest absolute Gasteiger partial charge is 0.357 e. The first kappa shape index (κ1) is 13.4. The fourth-order valence-corrected chi connectivity index (χ4v) is 3.10. The van der Waals surface area contributed by atoms with Gasteiger partial charge in [0.15, 0.2) is 0 Å². The van der Waals surface area contributed by atoms with E-state index in [1.54, 1.807) is 0 Å². The summed E-state index contributed by atoms with van der Waals surface area (Å²) in [5.41, 5.74) is 0.605. The van der Waals surface area contributed by atoms with Crippen molar-refractivity contribution in [3.63, 3.8) is 0 Å². The van der Waals surface area contributed by atoms with Crippen LogP contribution in [0.4, 0.5) is 5.82 Å². The van der Waals surface area contributed by atoms with E-state index in [2.05, 4.69) is 9.88 Å². The summed E-state index contributed by atoms with van der Waals surface area (Å²) in [6.07, 6.45) is 7.32. The van der Waals surface area contributed by atoms with Crippen LogP contribution in [-0.4, -0.2) is 42.0 Å². The van der Waals surface area contributed by atoms with E-state index in [9.17, 15) is 4.79 Å². The standard InChI is InChI=1S/C16H23N3O/c20-16(19-12-5-6-13-19)14-8-7-9-15(17-14)18-10-3-1-2-4-11-18/h7-9H,1-6,10-13H2. The Kier molecular flexibility index (Phi) is 4.19. The first-order valence-electron chi connectivity index (χ1n) is 7.86. The number of aromatic nitrogens is 1. The van der Waals surface area contributed by atoms with Gasteiger partial charge in [-0.25, -0.2) is 4.98 Å². The molecule has 0 atom stereocenters. The number of anilines is 1. The lowest BCUT2D eigenvalue weighted by Gasteiger charge is -2.22. The number of rotatable bonds is 2. The first-order chi connectivity index (χ1) is 9.84. The Morgan fingerprint density at radius 1 is 0.900 bits per heavy atom. The lowest BCUT2D eigenvalue weighted by atomic mass is 10.2. The van der Waals surface area contributed by atoms with Gasteiger partial charge in [0, 0.05) is 26.2 Å². The average Bonchev–Trinajstić information content (AvgIpc) is 2.89. The summed E-state index contributed by atoms with van der Waals surface area (Å²) in [6.45, 7) is 3.89. The predicted molar refractivity (Wildman–Crippen MR) is 80.1 cm³/mol. The van der Waals surface area contributed by atoms with Crippen molar-refractivity contribution in [2.45, 2.75) is 38.5 Å². The van der Waals surface area contributed by atoms with E-state index in [-0.39, 0.29) is 5.91 Å². The molecule has 2 aliphatic heterocycles. The Labute approximate surface area is 120 Å². The van der Waals surface area contributed by atoms with Gasteiger partial charge in [-0.1, -0.05) is 18.9 Å². The zero-order chi connectivity index (χ0) is 13.8. The summed E-state index contributed by atoms with van der Waals surface area (Å²) in [5.74, 6) is 1.07. The summed E-state index contributed by atoms with van der Waals surface area (Å²) in [6, 6.07) is 5.85. The van der Waals surface area contributed by atoms with Crippen molar-refractivity contribution >= 4 is 11.7 Å². The molecule has 3 rings (SSSR count). The molecule has 0 spiro atoms. The summed E-state index contributed by atoms with van der Waals surface area (Å²) < 4.78 is 0. The van der Waals surface area contributed by atoms with Gasteiger partial charge < -0.3 is 9.80 Å². The first-order valence-corrected chi connectivity index (χ1v) is 7.86. The molecule has 0 bridgehead atoms. The lowest BCUT2D eigenvalue weighted by molar-refractivity contribution is 0.0787. The van der Waals surface area contributed by atoms with Crippen molar-refractivity contribution in [3.8, 4) is 0 Å². The number of carbonyl (C=O) groups is 1. The van der Waals surface area contributed by atoms with Gasteiger partial charge in [-0.15, -0.1) is 0 Å². The number of hydrogen-bond acceptors (Lipinski definition) is 3. The van der Waals surface area contributed by atoms with E-state index < -0.39 is 0 Å². The van der Waals surface area contributed by atoms with E-state index >= 15 is 0 Å². The monoisotopic (exact) mass is 273 g/mol. The maximum atomic E-state index is 12.4. The normalized spacial score (nSPS) is 20.0. The van der Waals surface area contributed by atoms with Gasteiger partial charge in [0.05, 0.1) is 0 Å². The van der Waals surface area contributed by atoms with Crippen LogP contribution >= 0.6 is 0 Å². The van der Waals surface area contributed by atoms with E-state index in [1.165, 1.54) is 25.7 Å². The van der Waals surface area contributed by atoms with Crippen LogP contribution in [0.15, 0.2) is 18.2 Å². The molecule has 20 heavy (non-hydrogen) atoms. The molecule has 4 nitrogen and oxygen atoms in total.